The molecule has 0 bridgehead atoms. The molecule has 0 radical (unpaired) electrons. The zero-order valence-corrected chi connectivity index (χ0v) is 14.3. The van der Waals surface area contributed by atoms with Gasteiger partial charge in [-0.25, -0.2) is 0 Å². The molecule has 0 spiro atoms. The van der Waals surface area contributed by atoms with Crippen LogP contribution in [0, 0.1) is 5.41 Å². The fraction of sp³-hybridized carbons (Fsp3) is 0.684. The van der Waals surface area contributed by atoms with E-state index in [0.717, 1.165) is 0 Å². The molecule has 0 saturated carbocycles. The van der Waals surface area contributed by atoms with Crippen LogP contribution >= 0.6 is 0 Å². The summed E-state index contributed by atoms with van der Waals surface area (Å²) >= 11 is 0. The molecule has 0 rings (SSSR count). The van der Waals surface area contributed by atoms with Crippen molar-refractivity contribution >= 4 is 0 Å². The molecule has 0 heteroatoms. The summed E-state index contributed by atoms with van der Waals surface area (Å²) in [5.41, 5.74) is 4.90. The lowest BCUT2D eigenvalue weighted by molar-refractivity contribution is 0.419. The van der Waals surface area contributed by atoms with Crippen molar-refractivity contribution in [3.63, 3.8) is 0 Å². The Kier molecular flexibility index (Phi) is 8.80. The lowest BCUT2D eigenvalue weighted by Gasteiger charge is -2.15. The van der Waals surface area contributed by atoms with Gasteiger partial charge in [0.15, 0.2) is 0 Å². The van der Waals surface area contributed by atoms with Crippen LogP contribution in [0.15, 0.2) is 34.9 Å². The highest BCUT2D eigenvalue weighted by Gasteiger charge is 2.07. The molecule has 0 atom stereocenters. The molecule has 0 N–H and O–H groups in total. The van der Waals surface area contributed by atoms with Gasteiger partial charge >= 0.3 is 0 Å². The zero-order valence-electron chi connectivity index (χ0n) is 14.3. The molecule has 0 unspecified atom stereocenters. The summed E-state index contributed by atoms with van der Waals surface area (Å²) < 4.78 is 0. The van der Waals surface area contributed by atoms with Gasteiger partial charge in [-0.2, -0.15) is 0 Å². The van der Waals surface area contributed by atoms with Gasteiger partial charge in [0.2, 0.25) is 0 Å². The van der Waals surface area contributed by atoms with E-state index in [1.807, 2.05) is 0 Å². The van der Waals surface area contributed by atoms with Gasteiger partial charge in [0.05, 0.1) is 0 Å². The SMILES string of the molecule is CC(C)=CCC/C(C)=C/CC/C(C)=C/CC(C)(C)C. The van der Waals surface area contributed by atoms with E-state index in [1.165, 1.54) is 48.8 Å². The first-order valence-corrected chi connectivity index (χ1v) is 7.65. The summed E-state index contributed by atoms with van der Waals surface area (Å²) in [6.45, 7) is 15.7. The average molecular weight is 262 g/mol. The zero-order chi connectivity index (χ0) is 14.9. The molecule has 0 aromatic carbocycles. The molecule has 0 aliphatic heterocycles. The molecule has 0 fully saturated rings. The highest BCUT2D eigenvalue weighted by molar-refractivity contribution is 5.05. The monoisotopic (exact) mass is 262 g/mol. The Morgan fingerprint density at radius 1 is 0.737 bits per heavy atom. The van der Waals surface area contributed by atoms with Crippen LogP contribution < -0.4 is 0 Å². The van der Waals surface area contributed by atoms with Crippen molar-refractivity contribution in [2.24, 2.45) is 5.41 Å². The highest BCUT2D eigenvalue weighted by Crippen LogP contribution is 2.21. The largest absolute Gasteiger partial charge is 0.0856 e. The molecule has 0 aliphatic rings. The number of hydrogen-bond acceptors (Lipinski definition) is 0. The van der Waals surface area contributed by atoms with E-state index >= 15 is 0 Å². The van der Waals surface area contributed by atoms with Gasteiger partial charge in [0.1, 0.15) is 0 Å². The van der Waals surface area contributed by atoms with Gasteiger partial charge in [0.25, 0.3) is 0 Å². The van der Waals surface area contributed by atoms with Crippen molar-refractivity contribution in [3.05, 3.63) is 34.9 Å². The second kappa shape index (κ2) is 9.18. The summed E-state index contributed by atoms with van der Waals surface area (Å²) in [6.07, 6.45) is 13.1. The summed E-state index contributed by atoms with van der Waals surface area (Å²) in [5.74, 6) is 0. The first-order valence-electron chi connectivity index (χ1n) is 7.65. The molecule has 110 valence electrons. The molecule has 19 heavy (non-hydrogen) atoms. The van der Waals surface area contributed by atoms with Crippen molar-refractivity contribution in [2.75, 3.05) is 0 Å². The van der Waals surface area contributed by atoms with Crippen molar-refractivity contribution in [2.45, 2.75) is 80.6 Å². The van der Waals surface area contributed by atoms with Crippen LogP contribution in [0.5, 0.6) is 0 Å². The van der Waals surface area contributed by atoms with Crippen molar-refractivity contribution < 1.29 is 0 Å². The normalized spacial score (nSPS) is 13.6. The quantitative estimate of drug-likeness (QED) is 0.440. The Labute approximate surface area is 121 Å². The molecular formula is C19H34. The van der Waals surface area contributed by atoms with E-state index in [4.69, 9.17) is 0 Å². The molecular weight excluding hydrogens is 228 g/mol. The molecule has 0 aromatic heterocycles. The topological polar surface area (TPSA) is 0 Å². The Balaban J connectivity index is 3.96. The van der Waals surface area contributed by atoms with Gasteiger partial charge in [0, 0.05) is 0 Å². The van der Waals surface area contributed by atoms with Crippen molar-refractivity contribution in [1.29, 1.82) is 0 Å². The first-order chi connectivity index (χ1) is 8.70. The van der Waals surface area contributed by atoms with Crippen LogP contribution in [0.3, 0.4) is 0 Å². The molecule has 0 saturated heterocycles. The van der Waals surface area contributed by atoms with Gasteiger partial charge < -0.3 is 0 Å². The van der Waals surface area contributed by atoms with E-state index < -0.39 is 0 Å². The molecule has 0 nitrogen and oxygen atoms in total. The minimum atomic E-state index is 0.414. The maximum absolute atomic E-state index is 2.41. The maximum Gasteiger partial charge on any atom is -0.0288 e. The van der Waals surface area contributed by atoms with E-state index in [2.05, 4.69) is 66.7 Å². The smallest absolute Gasteiger partial charge is 0.0288 e. The van der Waals surface area contributed by atoms with Crippen LogP contribution in [0.4, 0.5) is 0 Å². The van der Waals surface area contributed by atoms with Crippen LogP contribution in [0.25, 0.3) is 0 Å². The van der Waals surface area contributed by atoms with Crippen LogP contribution in [-0.2, 0) is 0 Å². The molecule has 0 heterocycles. The summed E-state index contributed by atoms with van der Waals surface area (Å²) in [7, 11) is 0. The number of allylic oxidation sites excluding steroid dienone is 6. The Morgan fingerprint density at radius 3 is 1.68 bits per heavy atom. The lowest BCUT2D eigenvalue weighted by atomic mass is 9.91. The fourth-order valence-corrected chi connectivity index (χ4v) is 1.82. The summed E-state index contributed by atoms with van der Waals surface area (Å²) in [4.78, 5) is 0. The van der Waals surface area contributed by atoms with E-state index in [9.17, 15) is 0 Å². The second-order valence-electron chi connectivity index (χ2n) is 7.22. The van der Waals surface area contributed by atoms with E-state index in [1.54, 1.807) is 0 Å². The van der Waals surface area contributed by atoms with Crippen molar-refractivity contribution in [1.82, 2.24) is 0 Å². The third-order valence-electron chi connectivity index (χ3n) is 3.19. The van der Waals surface area contributed by atoms with Crippen LogP contribution in [0.2, 0.25) is 0 Å². The second-order valence-corrected chi connectivity index (χ2v) is 7.22. The van der Waals surface area contributed by atoms with E-state index in [-0.39, 0.29) is 0 Å². The molecule has 0 amide bonds. The fourth-order valence-electron chi connectivity index (χ4n) is 1.82. The predicted octanol–water partition coefficient (Wildman–Crippen LogP) is 6.84. The standard InChI is InChI=1S/C19H34/c1-16(2)10-8-11-17(3)12-9-13-18(4)14-15-19(5,6)7/h10,12,14H,8-9,11,13,15H2,1-7H3/b17-12+,18-14+. The van der Waals surface area contributed by atoms with Gasteiger partial charge in [-0.1, -0.05) is 55.7 Å². The minimum absolute atomic E-state index is 0.414. The summed E-state index contributed by atoms with van der Waals surface area (Å²) in [6, 6.07) is 0. The average Bonchev–Trinajstić information content (AvgIpc) is 2.25. The first kappa shape index (κ1) is 18.2. The molecule has 0 aliphatic carbocycles. The molecule has 0 aromatic rings. The Hall–Kier alpha value is -0.780. The lowest BCUT2D eigenvalue weighted by Crippen LogP contribution is -2.02. The van der Waals surface area contributed by atoms with Crippen LogP contribution in [-0.4, -0.2) is 0 Å². The van der Waals surface area contributed by atoms with Gasteiger partial charge in [-0.05, 0) is 65.2 Å². The van der Waals surface area contributed by atoms with Gasteiger partial charge in [-0.15, -0.1) is 0 Å². The van der Waals surface area contributed by atoms with Crippen molar-refractivity contribution in [3.8, 4) is 0 Å². The highest BCUT2D eigenvalue weighted by atomic mass is 14.1. The van der Waals surface area contributed by atoms with E-state index in [0.29, 0.717) is 5.41 Å². The third kappa shape index (κ3) is 13.5. The van der Waals surface area contributed by atoms with Gasteiger partial charge in [-0.3, -0.25) is 0 Å². The maximum atomic E-state index is 2.41. The number of hydrogen-bond donors (Lipinski definition) is 0. The summed E-state index contributed by atoms with van der Waals surface area (Å²) in [5, 5.41) is 0. The predicted molar refractivity (Wildman–Crippen MR) is 89.5 cm³/mol. The Morgan fingerprint density at radius 2 is 1.21 bits per heavy atom. The number of rotatable bonds is 7. The third-order valence-corrected chi connectivity index (χ3v) is 3.19. The van der Waals surface area contributed by atoms with Crippen LogP contribution in [0.1, 0.15) is 80.6 Å². The Bertz CT molecular complexity index is 328. The minimum Gasteiger partial charge on any atom is -0.0856 e.